The molecular weight excluding hydrogens is 498 g/mol. The van der Waals surface area contributed by atoms with Crippen molar-refractivity contribution in [2.75, 3.05) is 19.0 Å². The molecule has 0 unspecified atom stereocenters. The van der Waals surface area contributed by atoms with E-state index in [2.05, 4.69) is 9.88 Å². The Balaban J connectivity index is 0.00000247. The standard InChI is InChI=1S/C28H35N3O4S.C2H6/c1-18-10-7-13-23(19(18)2)29-26(32)24-20(3)31(16-9-17-35-6)25(30-24)21-11-8-12-22(15-14-21)36-28(4,5)27(33)34;1-2/h7-8,10,12-15H,9,11,16-17H2,1-6H3,(H,29,32)(H,33,34);1-2H3. The van der Waals surface area contributed by atoms with E-state index in [0.29, 0.717) is 25.3 Å². The number of hydrogen-bond acceptors (Lipinski definition) is 5. The molecule has 0 atom stereocenters. The summed E-state index contributed by atoms with van der Waals surface area (Å²) in [6.07, 6.45) is 9.25. The lowest BCUT2D eigenvalue weighted by Crippen LogP contribution is -2.27. The molecule has 8 heteroatoms. The van der Waals surface area contributed by atoms with E-state index in [-0.39, 0.29) is 5.91 Å². The number of carbonyl (C=O) groups is 2. The van der Waals surface area contributed by atoms with Crippen LogP contribution >= 0.6 is 11.8 Å². The number of carboxylic acids is 1. The highest BCUT2D eigenvalue weighted by Gasteiger charge is 2.29. The first-order chi connectivity index (χ1) is 18.0. The van der Waals surface area contributed by atoms with Crippen molar-refractivity contribution in [1.29, 1.82) is 0 Å². The van der Waals surface area contributed by atoms with Gasteiger partial charge in [0.1, 0.15) is 16.3 Å². The highest BCUT2D eigenvalue weighted by molar-refractivity contribution is 8.05. The minimum Gasteiger partial charge on any atom is -0.480 e. The second-order valence-corrected chi connectivity index (χ2v) is 11.1. The zero-order valence-electron chi connectivity index (χ0n) is 23.8. The molecule has 0 fully saturated rings. The van der Waals surface area contributed by atoms with E-state index in [1.54, 1.807) is 21.0 Å². The summed E-state index contributed by atoms with van der Waals surface area (Å²) in [6.45, 7) is 14.6. The van der Waals surface area contributed by atoms with Crippen molar-refractivity contribution in [2.45, 2.75) is 72.6 Å². The fourth-order valence-electron chi connectivity index (χ4n) is 3.88. The third-order valence-corrected chi connectivity index (χ3v) is 7.46. The van der Waals surface area contributed by atoms with Crippen LogP contribution in [0.3, 0.4) is 0 Å². The monoisotopic (exact) mass is 539 g/mol. The van der Waals surface area contributed by atoms with Crippen LogP contribution in [-0.4, -0.2) is 45.0 Å². The predicted octanol–water partition coefficient (Wildman–Crippen LogP) is 6.95. The van der Waals surface area contributed by atoms with E-state index in [4.69, 9.17) is 9.72 Å². The molecule has 2 N–H and O–H groups in total. The Morgan fingerprint density at radius 1 is 1.18 bits per heavy atom. The van der Waals surface area contributed by atoms with Gasteiger partial charge in [0.05, 0.1) is 0 Å². The maximum Gasteiger partial charge on any atom is 0.319 e. The number of ether oxygens (including phenoxy) is 1. The average molecular weight is 540 g/mol. The number of aliphatic carboxylic acids is 1. The van der Waals surface area contributed by atoms with Crippen LogP contribution in [0.15, 0.2) is 47.4 Å². The van der Waals surface area contributed by atoms with Crippen LogP contribution in [0.1, 0.15) is 73.7 Å². The topological polar surface area (TPSA) is 93.4 Å². The van der Waals surface area contributed by atoms with Gasteiger partial charge in [-0.15, -0.1) is 11.8 Å². The van der Waals surface area contributed by atoms with Crippen LogP contribution in [0.4, 0.5) is 5.69 Å². The van der Waals surface area contributed by atoms with Crippen LogP contribution in [0.5, 0.6) is 0 Å². The average Bonchev–Trinajstić information content (AvgIpc) is 3.04. The number of aromatic nitrogens is 2. The first-order valence-corrected chi connectivity index (χ1v) is 13.8. The minimum absolute atomic E-state index is 0.243. The molecule has 1 amide bonds. The number of nitrogens with zero attached hydrogens (tertiary/aromatic N) is 2. The van der Waals surface area contributed by atoms with Crippen LogP contribution < -0.4 is 5.32 Å². The number of carboxylic acid groups (broad SMARTS) is 1. The van der Waals surface area contributed by atoms with Crippen molar-refractivity contribution >= 4 is 34.9 Å². The third-order valence-electron chi connectivity index (χ3n) is 6.26. The van der Waals surface area contributed by atoms with Gasteiger partial charge in [0, 0.05) is 36.5 Å². The fraction of sp³-hybridized carbons (Fsp3) is 0.433. The SMILES string of the molecule is CC.COCCCn1c(C2=CC=C(SC(C)(C)C(=O)O)C=CC2)nc(C(=O)Nc2cccc(C)c2C)c1C. The number of allylic oxidation sites excluding steroid dienone is 5. The van der Waals surface area contributed by atoms with Crippen LogP contribution in [0, 0.1) is 20.8 Å². The number of imidazole rings is 1. The number of hydrogen-bond donors (Lipinski definition) is 2. The fourth-order valence-corrected chi connectivity index (χ4v) is 4.86. The molecule has 3 rings (SSSR count). The summed E-state index contributed by atoms with van der Waals surface area (Å²) in [7, 11) is 1.67. The Morgan fingerprint density at radius 3 is 2.55 bits per heavy atom. The zero-order valence-corrected chi connectivity index (χ0v) is 24.7. The summed E-state index contributed by atoms with van der Waals surface area (Å²) in [6, 6.07) is 5.84. The predicted molar refractivity (Wildman–Crippen MR) is 158 cm³/mol. The normalized spacial score (nSPS) is 13.2. The Hall–Kier alpha value is -3.10. The Morgan fingerprint density at radius 2 is 1.89 bits per heavy atom. The van der Waals surface area contributed by atoms with Crippen molar-refractivity contribution < 1.29 is 19.4 Å². The van der Waals surface area contributed by atoms with E-state index < -0.39 is 10.7 Å². The van der Waals surface area contributed by atoms with Gasteiger partial charge in [0.15, 0.2) is 0 Å². The second-order valence-electron chi connectivity index (χ2n) is 9.35. The lowest BCUT2D eigenvalue weighted by molar-refractivity contribution is -0.138. The van der Waals surface area contributed by atoms with E-state index in [1.165, 1.54) is 11.8 Å². The van der Waals surface area contributed by atoms with Gasteiger partial charge in [-0.2, -0.15) is 0 Å². The number of anilines is 1. The molecule has 0 bridgehead atoms. The largest absolute Gasteiger partial charge is 0.480 e. The molecule has 2 aromatic rings. The summed E-state index contributed by atoms with van der Waals surface area (Å²) in [5.74, 6) is -0.369. The Labute approximate surface area is 231 Å². The van der Waals surface area contributed by atoms with E-state index in [0.717, 1.165) is 45.2 Å². The molecular formula is C30H41N3O4S. The van der Waals surface area contributed by atoms with Gasteiger partial charge >= 0.3 is 5.97 Å². The molecule has 1 aromatic carbocycles. The Kier molecular flexibility index (Phi) is 11.6. The van der Waals surface area contributed by atoms with Gasteiger partial charge in [-0.05, 0) is 76.3 Å². The van der Waals surface area contributed by atoms with Gasteiger partial charge in [-0.1, -0.05) is 44.2 Å². The van der Waals surface area contributed by atoms with Crippen LogP contribution in [0.25, 0.3) is 5.57 Å². The number of rotatable bonds is 10. The molecule has 206 valence electrons. The molecule has 0 saturated heterocycles. The van der Waals surface area contributed by atoms with Crippen molar-refractivity contribution in [3.8, 4) is 0 Å². The summed E-state index contributed by atoms with van der Waals surface area (Å²) < 4.78 is 6.38. The Bertz CT molecular complexity index is 1240. The quantitative estimate of drug-likeness (QED) is 0.318. The number of aryl methyl sites for hydroxylation is 1. The highest BCUT2D eigenvalue weighted by Crippen LogP contribution is 2.35. The molecule has 1 aromatic heterocycles. The number of amides is 1. The molecule has 0 spiro atoms. The summed E-state index contributed by atoms with van der Waals surface area (Å²) in [5, 5.41) is 12.5. The minimum atomic E-state index is -0.942. The molecule has 1 aliphatic carbocycles. The summed E-state index contributed by atoms with van der Waals surface area (Å²) >= 11 is 1.30. The molecule has 0 radical (unpaired) electrons. The maximum atomic E-state index is 13.3. The first kappa shape index (κ1) is 31.1. The van der Waals surface area contributed by atoms with E-state index in [9.17, 15) is 14.7 Å². The lowest BCUT2D eigenvalue weighted by Gasteiger charge is -2.18. The van der Waals surface area contributed by atoms with Crippen molar-refractivity contribution in [1.82, 2.24) is 9.55 Å². The summed E-state index contributed by atoms with van der Waals surface area (Å²) in [5.41, 5.74) is 5.06. The highest BCUT2D eigenvalue weighted by atomic mass is 32.2. The van der Waals surface area contributed by atoms with E-state index in [1.807, 2.05) is 77.1 Å². The number of benzene rings is 1. The first-order valence-electron chi connectivity index (χ1n) is 13.0. The molecule has 1 aliphatic rings. The second kappa shape index (κ2) is 14.2. The number of methoxy groups -OCH3 is 1. The molecule has 38 heavy (non-hydrogen) atoms. The number of nitrogens with one attached hydrogen (secondary N) is 1. The molecule has 1 heterocycles. The zero-order chi connectivity index (χ0) is 28.5. The lowest BCUT2D eigenvalue weighted by atomic mass is 10.1. The van der Waals surface area contributed by atoms with Gasteiger partial charge < -0.3 is 19.7 Å². The molecule has 0 saturated carbocycles. The maximum absolute atomic E-state index is 13.3. The van der Waals surface area contributed by atoms with Crippen LogP contribution in [0.2, 0.25) is 0 Å². The van der Waals surface area contributed by atoms with Gasteiger partial charge in [-0.3, -0.25) is 9.59 Å². The number of thioether (sulfide) groups is 1. The van der Waals surface area contributed by atoms with Crippen molar-refractivity contribution in [2.24, 2.45) is 0 Å². The van der Waals surface area contributed by atoms with Crippen molar-refractivity contribution in [3.63, 3.8) is 0 Å². The van der Waals surface area contributed by atoms with Crippen LogP contribution in [-0.2, 0) is 16.1 Å². The third kappa shape index (κ3) is 7.71. The number of carbonyl (C=O) groups excluding carboxylic acids is 1. The van der Waals surface area contributed by atoms with Gasteiger partial charge in [0.2, 0.25) is 0 Å². The smallest absolute Gasteiger partial charge is 0.319 e. The van der Waals surface area contributed by atoms with Gasteiger partial charge in [0.25, 0.3) is 5.91 Å². The van der Waals surface area contributed by atoms with Crippen molar-refractivity contribution in [3.05, 3.63) is 75.7 Å². The van der Waals surface area contributed by atoms with E-state index >= 15 is 0 Å². The van der Waals surface area contributed by atoms with Gasteiger partial charge in [-0.25, -0.2) is 4.98 Å². The summed E-state index contributed by atoms with van der Waals surface area (Å²) in [4.78, 5) is 30.5. The molecule has 0 aliphatic heterocycles. The molecule has 7 nitrogen and oxygen atoms in total.